The predicted octanol–water partition coefficient (Wildman–Crippen LogP) is 3.88. The number of thiazole rings is 1. The highest BCUT2D eigenvalue weighted by Crippen LogP contribution is 2.25. The van der Waals surface area contributed by atoms with Crippen LogP contribution in [0.1, 0.15) is 10.4 Å². The number of anilines is 1. The van der Waals surface area contributed by atoms with Gasteiger partial charge in [-0.3, -0.25) is 9.20 Å². The fourth-order valence-electron chi connectivity index (χ4n) is 2.75. The lowest BCUT2D eigenvalue weighted by molar-refractivity contribution is 0.102. The van der Waals surface area contributed by atoms with Gasteiger partial charge in [0.25, 0.3) is 5.91 Å². The van der Waals surface area contributed by atoms with Crippen molar-refractivity contribution in [2.45, 2.75) is 4.90 Å². The standard InChI is InChI=1S/C19H15ClN4O3S2/c1-21-29(26,27)14-6-7-16(20)15(10-14)18(25)22-13-4-2-12(3-5-13)17-11-24-8-9-28-19(24)23-17/h2-11,21H,1H3,(H,22,25). The zero-order valence-corrected chi connectivity index (χ0v) is 17.5. The van der Waals surface area contributed by atoms with E-state index in [1.165, 1.54) is 25.2 Å². The summed E-state index contributed by atoms with van der Waals surface area (Å²) in [5.74, 6) is -0.501. The summed E-state index contributed by atoms with van der Waals surface area (Å²) in [7, 11) is -2.38. The Hall–Kier alpha value is -2.72. The number of aromatic nitrogens is 2. The van der Waals surface area contributed by atoms with Crippen LogP contribution < -0.4 is 10.0 Å². The van der Waals surface area contributed by atoms with Gasteiger partial charge in [-0.15, -0.1) is 11.3 Å². The molecule has 0 radical (unpaired) electrons. The van der Waals surface area contributed by atoms with Gasteiger partial charge in [0.1, 0.15) is 0 Å². The van der Waals surface area contributed by atoms with Gasteiger partial charge in [-0.25, -0.2) is 18.1 Å². The molecule has 1 amide bonds. The topological polar surface area (TPSA) is 92.6 Å². The van der Waals surface area contributed by atoms with Crippen molar-refractivity contribution in [3.05, 3.63) is 70.8 Å². The summed E-state index contributed by atoms with van der Waals surface area (Å²) < 4.78 is 28.1. The maximum absolute atomic E-state index is 12.6. The van der Waals surface area contributed by atoms with Crippen LogP contribution in [0.2, 0.25) is 5.02 Å². The molecule has 0 spiro atoms. The van der Waals surface area contributed by atoms with E-state index in [9.17, 15) is 13.2 Å². The third-order valence-electron chi connectivity index (χ3n) is 4.29. The summed E-state index contributed by atoms with van der Waals surface area (Å²) in [5.41, 5.74) is 2.38. The van der Waals surface area contributed by atoms with E-state index in [1.54, 1.807) is 23.5 Å². The molecule has 2 N–H and O–H groups in total. The van der Waals surface area contributed by atoms with Crippen molar-refractivity contribution in [1.82, 2.24) is 14.1 Å². The molecule has 0 unspecified atom stereocenters. The highest BCUT2D eigenvalue weighted by atomic mass is 35.5. The summed E-state index contributed by atoms with van der Waals surface area (Å²) in [6.45, 7) is 0. The van der Waals surface area contributed by atoms with Crippen molar-refractivity contribution in [3.63, 3.8) is 0 Å². The van der Waals surface area contributed by atoms with Crippen molar-refractivity contribution in [3.8, 4) is 11.3 Å². The van der Waals surface area contributed by atoms with E-state index in [2.05, 4.69) is 15.0 Å². The SMILES string of the molecule is CNS(=O)(=O)c1ccc(Cl)c(C(=O)Nc2ccc(-c3cn4ccsc4n3)cc2)c1. The largest absolute Gasteiger partial charge is 0.322 e. The molecule has 4 rings (SSSR count). The Kier molecular flexibility index (Phi) is 5.13. The van der Waals surface area contributed by atoms with Crippen LogP contribution in [0, 0.1) is 0 Å². The van der Waals surface area contributed by atoms with Crippen LogP contribution in [0.4, 0.5) is 5.69 Å². The fraction of sp³-hybridized carbons (Fsp3) is 0.0526. The molecule has 0 aliphatic rings. The van der Waals surface area contributed by atoms with Crippen LogP contribution in [-0.2, 0) is 10.0 Å². The van der Waals surface area contributed by atoms with Gasteiger partial charge in [0.05, 0.1) is 21.2 Å². The zero-order valence-electron chi connectivity index (χ0n) is 15.1. The summed E-state index contributed by atoms with van der Waals surface area (Å²) in [5, 5.41) is 4.86. The second-order valence-electron chi connectivity index (χ2n) is 6.10. The van der Waals surface area contributed by atoms with Crippen LogP contribution in [0.25, 0.3) is 16.2 Å². The van der Waals surface area contributed by atoms with Gasteiger partial charge < -0.3 is 5.32 Å². The highest BCUT2D eigenvalue weighted by molar-refractivity contribution is 7.89. The molecule has 2 aromatic heterocycles. The Morgan fingerprint density at radius 2 is 1.93 bits per heavy atom. The lowest BCUT2D eigenvalue weighted by atomic mass is 10.1. The van der Waals surface area contributed by atoms with Crippen molar-refractivity contribution in [2.75, 3.05) is 12.4 Å². The molecule has 0 atom stereocenters. The Bertz CT molecular complexity index is 1280. The number of nitrogens with one attached hydrogen (secondary N) is 2. The molecule has 4 aromatic rings. The first-order valence-corrected chi connectivity index (χ1v) is 11.2. The van der Waals surface area contributed by atoms with E-state index in [1.807, 2.05) is 34.3 Å². The normalized spacial score (nSPS) is 11.7. The number of imidazole rings is 1. The van der Waals surface area contributed by atoms with Crippen molar-refractivity contribution < 1.29 is 13.2 Å². The Labute approximate surface area is 176 Å². The van der Waals surface area contributed by atoms with Crippen molar-refractivity contribution >= 4 is 49.5 Å². The summed E-state index contributed by atoms with van der Waals surface area (Å²) in [6.07, 6.45) is 3.88. The Balaban J connectivity index is 1.55. The maximum Gasteiger partial charge on any atom is 0.257 e. The average Bonchev–Trinajstić information content (AvgIpc) is 3.31. The summed E-state index contributed by atoms with van der Waals surface area (Å²) in [4.78, 5) is 18.0. The molecule has 0 bridgehead atoms. The molecule has 0 aliphatic heterocycles. The number of hydrogen-bond acceptors (Lipinski definition) is 5. The number of sulfonamides is 1. The molecule has 2 heterocycles. The molecule has 0 saturated carbocycles. The van der Waals surface area contributed by atoms with E-state index >= 15 is 0 Å². The number of halogens is 1. The van der Waals surface area contributed by atoms with Crippen LogP contribution >= 0.6 is 22.9 Å². The second-order valence-corrected chi connectivity index (χ2v) is 9.27. The number of carbonyl (C=O) groups excluding carboxylic acids is 1. The van der Waals surface area contributed by atoms with Gasteiger partial charge in [-0.05, 0) is 37.4 Å². The van der Waals surface area contributed by atoms with E-state index < -0.39 is 15.9 Å². The van der Waals surface area contributed by atoms with Crippen LogP contribution in [-0.4, -0.2) is 30.8 Å². The lowest BCUT2D eigenvalue weighted by Gasteiger charge is -2.09. The van der Waals surface area contributed by atoms with E-state index in [0.717, 1.165) is 16.2 Å². The predicted molar refractivity (Wildman–Crippen MR) is 114 cm³/mol. The van der Waals surface area contributed by atoms with E-state index in [-0.39, 0.29) is 15.5 Å². The fourth-order valence-corrected chi connectivity index (χ4v) is 4.41. The number of fused-ring (bicyclic) bond motifs is 1. The van der Waals surface area contributed by atoms with Gasteiger partial charge in [0, 0.05) is 29.0 Å². The Morgan fingerprint density at radius 1 is 1.17 bits per heavy atom. The second kappa shape index (κ2) is 7.60. The number of carbonyl (C=O) groups is 1. The first-order chi connectivity index (χ1) is 13.9. The Morgan fingerprint density at radius 3 is 2.62 bits per heavy atom. The molecular formula is C19H15ClN4O3S2. The van der Waals surface area contributed by atoms with Crippen LogP contribution in [0.5, 0.6) is 0 Å². The maximum atomic E-state index is 12.6. The molecule has 10 heteroatoms. The number of amides is 1. The molecule has 0 aliphatic carbocycles. The lowest BCUT2D eigenvalue weighted by Crippen LogP contribution is -2.20. The first kappa shape index (κ1) is 19.6. The minimum atomic E-state index is -3.68. The highest BCUT2D eigenvalue weighted by Gasteiger charge is 2.17. The van der Waals surface area contributed by atoms with Gasteiger partial charge in [-0.2, -0.15) is 0 Å². The number of rotatable bonds is 5. The minimum Gasteiger partial charge on any atom is -0.322 e. The van der Waals surface area contributed by atoms with Crippen LogP contribution in [0.3, 0.4) is 0 Å². The van der Waals surface area contributed by atoms with Crippen molar-refractivity contribution in [1.29, 1.82) is 0 Å². The average molecular weight is 447 g/mol. The van der Waals surface area contributed by atoms with E-state index in [4.69, 9.17) is 11.6 Å². The number of hydrogen-bond donors (Lipinski definition) is 2. The van der Waals surface area contributed by atoms with E-state index in [0.29, 0.717) is 5.69 Å². The third-order valence-corrected chi connectivity index (χ3v) is 6.81. The monoisotopic (exact) mass is 446 g/mol. The molecule has 2 aromatic carbocycles. The molecular weight excluding hydrogens is 432 g/mol. The molecule has 7 nitrogen and oxygen atoms in total. The van der Waals surface area contributed by atoms with Gasteiger partial charge in [0.2, 0.25) is 10.0 Å². The molecule has 29 heavy (non-hydrogen) atoms. The van der Waals surface area contributed by atoms with Crippen molar-refractivity contribution in [2.24, 2.45) is 0 Å². The minimum absolute atomic E-state index is 0.0374. The molecule has 0 saturated heterocycles. The number of benzene rings is 2. The smallest absolute Gasteiger partial charge is 0.257 e. The summed E-state index contributed by atoms with van der Waals surface area (Å²) >= 11 is 7.65. The molecule has 0 fully saturated rings. The quantitative estimate of drug-likeness (QED) is 0.486. The third kappa shape index (κ3) is 3.90. The molecule has 148 valence electrons. The number of nitrogens with zero attached hydrogens (tertiary/aromatic N) is 2. The van der Waals surface area contributed by atoms with Gasteiger partial charge in [0.15, 0.2) is 4.96 Å². The first-order valence-electron chi connectivity index (χ1n) is 8.44. The zero-order chi connectivity index (χ0) is 20.6. The van der Waals surface area contributed by atoms with Gasteiger partial charge >= 0.3 is 0 Å². The van der Waals surface area contributed by atoms with Gasteiger partial charge in [-0.1, -0.05) is 23.7 Å². The van der Waals surface area contributed by atoms with Crippen LogP contribution in [0.15, 0.2) is 65.1 Å². The summed E-state index contributed by atoms with van der Waals surface area (Å²) in [6, 6.07) is 11.2.